The molecule has 1 amide bonds. The van der Waals surface area contributed by atoms with Crippen molar-refractivity contribution in [1.82, 2.24) is 5.32 Å². The van der Waals surface area contributed by atoms with Gasteiger partial charge in [-0.25, -0.2) is 0 Å². The number of nitrogens with two attached hydrogens (primary N) is 1. The summed E-state index contributed by atoms with van der Waals surface area (Å²) in [7, 11) is 0. The van der Waals surface area contributed by atoms with Gasteiger partial charge in [0.1, 0.15) is 18.5 Å². The largest absolute Gasteiger partial charge is 0.489 e. The Morgan fingerprint density at radius 3 is 2.71 bits per heavy atom. The minimum Gasteiger partial charge on any atom is -0.489 e. The van der Waals surface area contributed by atoms with E-state index in [1.807, 2.05) is 6.92 Å². The maximum Gasteiger partial charge on any atom is 0.237 e. The van der Waals surface area contributed by atoms with Crippen molar-refractivity contribution in [3.8, 4) is 5.75 Å². The van der Waals surface area contributed by atoms with Crippen molar-refractivity contribution in [2.24, 2.45) is 5.73 Å². The molecule has 0 aromatic heterocycles. The average Bonchev–Trinajstić information content (AvgIpc) is 2.43. The maximum absolute atomic E-state index is 11.3. The molecule has 5 nitrogen and oxygen atoms in total. The number of β-amino-alcohol motifs (C(OH)–C–C–N with tert-alkyl or cyclic N) is 1. The number of hydrogen-bond acceptors (Lipinski definition) is 4. The normalized spacial score (nSPS) is 15.3. The molecule has 1 aromatic carbocycles. The number of nitrogens with one attached hydrogen (secondary N) is 1. The fourth-order valence-electron chi connectivity index (χ4n) is 1.57. The quantitative estimate of drug-likeness (QED) is 0.678. The van der Waals surface area contributed by atoms with Gasteiger partial charge in [0.2, 0.25) is 5.91 Å². The smallest absolute Gasteiger partial charge is 0.237 e. The number of rotatable bonds is 8. The first kappa shape index (κ1) is 18.0. The second-order valence-electron chi connectivity index (χ2n) is 4.97. The molecule has 1 aromatic rings. The van der Waals surface area contributed by atoms with Crippen molar-refractivity contribution in [3.05, 3.63) is 28.2 Å². The van der Waals surface area contributed by atoms with Crippen molar-refractivity contribution in [3.63, 3.8) is 0 Å². The molecule has 118 valence electrons. The van der Waals surface area contributed by atoms with Crippen LogP contribution >= 0.6 is 23.2 Å². The van der Waals surface area contributed by atoms with Crippen molar-refractivity contribution in [2.75, 3.05) is 13.2 Å². The summed E-state index contributed by atoms with van der Waals surface area (Å²) in [6.07, 6.45) is -0.277. The minimum absolute atomic E-state index is 0.0346. The molecule has 0 aliphatic carbocycles. The summed E-state index contributed by atoms with van der Waals surface area (Å²) in [6.45, 7) is 3.75. The van der Waals surface area contributed by atoms with Crippen LogP contribution in [-0.4, -0.2) is 35.8 Å². The third-order valence-corrected chi connectivity index (χ3v) is 3.83. The SMILES string of the molecule is CCC(C)(NCC(O)COc1ccc(Cl)cc1Cl)C(N)=O. The molecule has 2 unspecified atom stereocenters. The lowest BCUT2D eigenvalue weighted by Gasteiger charge is -2.27. The molecule has 2 atom stereocenters. The van der Waals surface area contributed by atoms with Crippen molar-refractivity contribution >= 4 is 29.1 Å². The van der Waals surface area contributed by atoms with Gasteiger partial charge in [0.05, 0.1) is 10.6 Å². The molecule has 0 saturated carbocycles. The zero-order valence-electron chi connectivity index (χ0n) is 12.0. The summed E-state index contributed by atoms with van der Waals surface area (Å²) in [5.41, 5.74) is 4.47. The number of ether oxygens (including phenoxy) is 1. The van der Waals surface area contributed by atoms with E-state index in [1.165, 1.54) is 0 Å². The highest BCUT2D eigenvalue weighted by molar-refractivity contribution is 6.35. The molecule has 0 aliphatic rings. The van der Waals surface area contributed by atoms with Gasteiger partial charge < -0.3 is 20.9 Å². The van der Waals surface area contributed by atoms with Gasteiger partial charge in [0.15, 0.2) is 0 Å². The second kappa shape index (κ2) is 7.84. The summed E-state index contributed by atoms with van der Waals surface area (Å²) in [4.78, 5) is 11.3. The first-order valence-electron chi connectivity index (χ1n) is 6.59. The third-order valence-electron chi connectivity index (χ3n) is 3.30. The zero-order valence-corrected chi connectivity index (χ0v) is 13.5. The predicted octanol–water partition coefficient (Wildman–Crippen LogP) is 1.98. The van der Waals surface area contributed by atoms with Crippen LogP contribution in [0, 0.1) is 0 Å². The summed E-state index contributed by atoms with van der Waals surface area (Å²) in [5, 5.41) is 13.7. The molecule has 21 heavy (non-hydrogen) atoms. The van der Waals surface area contributed by atoms with E-state index in [0.717, 1.165) is 0 Å². The first-order chi connectivity index (χ1) is 9.78. The van der Waals surface area contributed by atoms with Crippen LogP contribution in [0.25, 0.3) is 0 Å². The number of primary amides is 1. The van der Waals surface area contributed by atoms with Crippen LogP contribution in [0.5, 0.6) is 5.75 Å². The Kier molecular flexibility index (Phi) is 6.74. The first-order valence-corrected chi connectivity index (χ1v) is 7.35. The minimum atomic E-state index is -0.848. The number of amides is 1. The summed E-state index contributed by atoms with van der Waals surface area (Å²) >= 11 is 11.7. The molecule has 0 bridgehead atoms. The molecular formula is C14H20Cl2N2O3. The lowest BCUT2D eigenvalue weighted by Crippen LogP contribution is -2.55. The summed E-state index contributed by atoms with van der Waals surface area (Å²) < 4.78 is 5.42. The average molecular weight is 335 g/mol. The van der Waals surface area contributed by atoms with Crippen molar-refractivity contribution < 1.29 is 14.6 Å². The monoisotopic (exact) mass is 334 g/mol. The molecular weight excluding hydrogens is 315 g/mol. The standard InChI is InChI=1S/C14H20Cl2N2O3/c1-3-14(2,13(17)20)18-7-10(19)8-21-12-5-4-9(15)6-11(12)16/h4-6,10,18-19H,3,7-8H2,1-2H3,(H2,17,20). The van der Waals surface area contributed by atoms with E-state index in [0.29, 0.717) is 22.2 Å². The highest BCUT2D eigenvalue weighted by atomic mass is 35.5. The van der Waals surface area contributed by atoms with Crippen molar-refractivity contribution in [1.29, 1.82) is 0 Å². The number of hydrogen-bond donors (Lipinski definition) is 3. The molecule has 0 fully saturated rings. The molecule has 1 rings (SSSR count). The Hall–Kier alpha value is -1.01. The highest BCUT2D eigenvalue weighted by Crippen LogP contribution is 2.27. The van der Waals surface area contributed by atoms with Crippen LogP contribution in [0.15, 0.2) is 18.2 Å². The van der Waals surface area contributed by atoms with Gasteiger partial charge in [-0.05, 0) is 31.5 Å². The van der Waals surface area contributed by atoms with Gasteiger partial charge >= 0.3 is 0 Å². The Balaban J connectivity index is 2.47. The topological polar surface area (TPSA) is 84.6 Å². The van der Waals surface area contributed by atoms with E-state index in [2.05, 4.69) is 5.32 Å². The fourth-order valence-corrected chi connectivity index (χ4v) is 2.03. The van der Waals surface area contributed by atoms with Crippen LogP contribution in [0.3, 0.4) is 0 Å². The van der Waals surface area contributed by atoms with Crippen LogP contribution in [-0.2, 0) is 4.79 Å². The van der Waals surface area contributed by atoms with E-state index < -0.39 is 17.6 Å². The van der Waals surface area contributed by atoms with Gasteiger partial charge in [0, 0.05) is 11.6 Å². The van der Waals surface area contributed by atoms with Crippen molar-refractivity contribution in [2.45, 2.75) is 31.9 Å². The molecule has 0 saturated heterocycles. The van der Waals surface area contributed by atoms with Gasteiger partial charge in [-0.2, -0.15) is 0 Å². The van der Waals surface area contributed by atoms with Gasteiger partial charge in [-0.3, -0.25) is 4.79 Å². The van der Waals surface area contributed by atoms with E-state index in [4.69, 9.17) is 33.7 Å². The van der Waals surface area contributed by atoms with Crippen LogP contribution < -0.4 is 15.8 Å². The lowest BCUT2D eigenvalue weighted by atomic mass is 9.98. The summed E-state index contributed by atoms with van der Waals surface area (Å²) in [5.74, 6) is -0.0212. The Bertz CT molecular complexity index is 499. The second-order valence-corrected chi connectivity index (χ2v) is 5.81. The highest BCUT2D eigenvalue weighted by Gasteiger charge is 2.28. The lowest BCUT2D eigenvalue weighted by molar-refractivity contribution is -0.124. The number of aliphatic hydroxyl groups is 1. The van der Waals surface area contributed by atoms with E-state index in [9.17, 15) is 9.90 Å². The molecule has 0 aliphatic heterocycles. The number of carbonyl (C=O) groups is 1. The Morgan fingerprint density at radius 2 is 2.19 bits per heavy atom. The number of carbonyl (C=O) groups excluding carboxylic acids is 1. The van der Waals surface area contributed by atoms with Crippen LogP contribution in [0.1, 0.15) is 20.3 Å². The molecule has 0 spiro atoms. The predicted molar refractivity (Wildman–Crippen MR) is 83.9 cm³/mol. The number of benzene rings is 1. The maximum atomic E-state index is 11.3. The summed E-state index contributed by atoms with van der Waals surface area (Å²) in [6, 6.07) is 4.84. The molecule has 7 heteroatoms. The number of aliphatic hydroxyl groups excluding tert-OH is 1. The van der Waals surface area contributed by atoms with Crippen LogP contribution in [0.2, 0.25) is 10.0 Å². The van der Waals surface area contributed by atoms with Gasteiger partial charge in [0.25, 0.3) is 0 Å². The Morgan fingerprint density at radius 1 is 1.52 bits per heavy atom. The zero-order chi connectivity index (χ0) is 16.0. The van der Waals surface area contributed by atoms with E-state index >= 15 is 0 Å². The Labute approximate surface area is 134 Å². The van der Waals surface area contributed by atoms with E-state index in [1.54, 1.807) is 25.1 Å². The number of halogens is 2. The third kappa shape index (κ3) is 5.36. The molecule has 0 heterocycles. The molecule has 4 N–H and O–H groups in total. The molecule has 0 radical (unpaired) electrons. The van der Waals surface area contributed by atoms with Crippen LogP contribution in [0.4, 0.5) is 0 Å². The van der Waals surface area contributed by atoms with Gasteiger partial charge in [-0.15, -0.1) is 0 Å². The fraction of sp³-hybridized carbons (Fsp3) is 0.500. The van der Waals surface area contributed by atoms with Gasteiger partial charge in [-0.1, -0.05) is 30.1 Å². The van der Waals surface area contributed by atoms with E-state index in [-0.39, 0.29) is 13.2 Å².